The molecule has 0 unspecified atom stereocenters. The molecule has 1 saturated heterocycles. The predicted molar refractivity (Wildman–Crippen MR) is 102 cm³/mol. The molecule has 0 spiro atoms. The van der Waals surface area contributed by atoms with E-state index in [9.17, 15) is 0 Å². The fraction of sp³-hybridized carbons (Fsp3) is 0.667. The van der Waals surface area contributed by atoms with Crippen LogP contribution in [0.15, 0.2) is 23.5 Å². The van der Waals surface area contributed by atoms with Gasteiger partial charge in [-0.05, 0) is 19.4 Å². The lowest BCUT2D eigenvalue weighted by molar-refractivity contribution is 0.370. The maximum absolute atomic E-state index is 4.71. The van der Waals surface area contributed by atoms with Crippen molar-refractivity contribution in [3.8, 4) is 0 Å². The summed E-state index contributed by atoms with van der Waals surface area (Å²) in [4.78, 5) is 17.9. The lowest BCUT2D eigenvalue weighted by Gasteiger charge is -2.36. The molecule has 1 aromatic rings. The molecular formula is C15H27IN6. The molecule has 0 aromatic carbocycles. The number of aliphatic imine (C=N–C) groups is 1. The van der Waals surface area contributed by atoms with Crippen LogP contribution in [0.25, 0.3) is 0 Å². The third-order valence-electron chi connectivity index (χ3n) is 3.52. The molecule has 0 radical (unpaired) electrons. The molecule has 1 aliphatic rings. The highest BCUT2D eigenvalue weighted by atomic mass is 127. The number of nitrogens with zero attached hydrogens (tertiary/aromatic N) is 5. The molecule has 1 fully saturated rings. The average Bonchev–Trinajstić information content (AvgIpc) is 2.55. The van der Waals surface area contributed by atoms with Gasteiger partial charge in [0.1, 0.15) is 0 Å². The monoisotopic (exact) mass is 418 g/mol. The average molecular weight is 418 g/mol. The topological polar surface area (TPSA) is 56.7 Å². The van der Waals surface area contributed by atoms with E-state index < -0.39 is 0 Å². The van der Waals surface area contributed by atoms with Crippen molar-refractivity contribution >= 4 is 35.9 Å². The van der Waals surface area contributed by atoms with Crippen LogP contribution in [0.2, 0.25) is 0 Å². The van der Waals surface area contributed by atoms with Crippen LogP contribution < -0.4 is 10.2 Å². The summed E-state index contributed by atoms with van der Waals surface area (Å²) in [5, 5.41) is 3.39. The van der Waals surface area contributed by atoms with Gasteiger partial charge >= 0.3 is 0 Å². The Morgan fingerprint density at radius 1 is 1.18 bits per heavy atom. The molecule has 1 aromatic heterocycles. The molecule has 1 aliphatic heterocycles. The summed E-state index contributed by atoms with van der Waals surface area (Å²) >= 11 is 0. The number of rotatable bonds is 5. The summed E-state index contributed by atoms with van der Waals surface area (Å²) in [6.07, 6.45) is 5.92. The van der Waals surface area contributed by atoms with E-state index in [0.29, 0.717) is 0 Å². The molecular weight excluding hydrogens is 391 g/mol. The fourth-order valence-corrected chi connectivity index (χ4v) is 2.34. The van der Waals surface area contributed by atoms with E-state index in [1.165, 1.54) is 6.42 Å². The summed E-state index contributed by atoms with van der Waals surface area (Å²) in [5.41, 5.74) is 0. The molecule has 124 valence electrons. The summed E-state index contributed by atoms with van der Waals surface area (Å²) < 4.78 is 0. The van der Waals surface area contributed by atoms with Crippen molar-refractivity contribution in [1.29, 1.82) is 0 Å². The number of hydrogen-bond acceptors (Lipinski definition) is 4. The van der Waals surface area contributed by atoms with Crippen LogP contribution >= 0.6 is 24.0 Å². The van der Waals surface area contributed by atoms with Gasteiger partial charge in [-0.1, -0.05) is 13.3 Å². The van der Waals surface area contributed by atoms with Gasteiger partial charge in [0, 0.05) is 51.7 Å². The van der Waals surface area contributed by atoms with E-state index in [4.69, 9.17) is 4.99 Å². The van der Waals surface area contributed by atoms with E-state index in [1.807, 2.05) is 6.07 Å². The van der Waals surface area contributed by atoms with E-state index in [2.05, 4.69) is 38.9 Å². The highest BCUT2D eigenvalue weighted by Crippen LogP contribution is 2.09. The quantitative estimate of drug-likeness (QED) is 0.343. The van der Waals surface area contributed by atoms with Gasteiger partial charge in [0.15, 0.2) is 5.96 Å². The van der Waals surface area contributed by atoms with E-state index in [1.54, 1.807) is 12.4 Å². The van der Waals surface area contributed by atoms with Gasteiger partial charge in [0.05, 0.1) is 0 Å². The van der Waals surface area contributed by atoms with Gasteiger partial charge in [-0.15, -0.1) is 24.0 Å². The number of nitrogens with one attached hydrogen (secondary N) is 1. The van der Waals surface area contributed by atoms with Crippen molar-refractivity contribution < 1.29 is 0 Å². The minimum absolute atomic E-state index is 0. The van der Waals surface area contributed by atoms with Crippen molar-refractivity contribution in [2.75, 3.05) is 44.2 Å². The second kappa shape index (κ2) is 10.6. The molecule has 6 nitrogen and oxygen atoms in total. The molecule has 2 rings (SSSR count). The maximum atomic E-state index is 4.71. The fourth-order valence-electron chi connectivity index (χ4n) is 2.34. The van der Waals surface area contributed by atoms with Crippen molar-refractivity contribution in [3.63, 3.8) is 0 Å². The SMILES string of the molecule is CCCCN=C(NCC)N1CCN(c2ncccn2)CC1.I. The standard InChI is InChI=1S/C15H26N6.HI/c1-3-5-7-17-14(16-4-2)20-10-12-21(13-11-20)15-18-8-6-9-19-15;/h6,8-9H,3-5,7,10-13H2,1-2H3,(H,16,17);1H. The Hall–Kier alpha value is -1.12. The summed E-state index contributed by atoms with van der Waals surface area (Å²) in [6, 6.07) is 1.85. The largest absolute Gasteiger partial charge is 0.357 e. The number of unbranched alkanes of at least 4 members (excludes halogenated alkanes) is 1. The molecule has 0 amide bonds. The smallest absolute Gasteiger partial charge is 0.225 e. The Bertz CT molecular complexity index is 431. The first-order valence-corrected chi connectivity index (χ1v) is 7.90. The predicted octanol–water partition coefficient (Wildman–Crippen LogP) is 1.98. The van der Waals surface area contributed by atoms with Crippen molar-refractivity contribution in [2.45, 2.75) is 26.7 Å². The van der Waals surface area contributed by atoms with Crippen LogP contribution in [-0.4, -0.2) is 60.1 Å². The second-order valence-electron chi connectivity index (χ2n) is 5.11. The minimum Gasteiger partial charge on any atom is -0.357 e. The summed E-state index contributed by atoms with van der Waals surface area (Å²) in [6.45, 7) is 9.90. The first-order chi connectivity index (χ1) is 10.3. The summed E-state index contributed by atoms with van der Waals surface area (Å²) in [5.74, 6) is 1.87. The van der Waals surface area contributed by atoms with Crippen LogP contribution in [0.1, 0.15) is 26.7 Å². The van der Waals surface area contributed by atoms with Crippen LogP contribution in [0.5, 0.6) is 0 Å². The Labute approximate surface area is 150 Å². The zero-order valence-electron chi connectivity index (χ0n) is 13.5. The molecule has 7 heteroatoms. The Kier molecular flexibility index (Phi) is 9.10. The summed E-state index contributed by atoms with van der Waals surface area (Å²) in [7, 11) is 0. The van der Waals surface area contributed by atoms with Crippen LogP contribution in [0.3, 0.4) is 0 Å². The van der Waals surface area contributed by atoms with Gasteiger partial charge in [-0.3, -0.25) is 4.99 Å². The Morgan fingerprint density at radius 2 is 1.86 bits per heavy atom. The number of halogens is 1. The number of guanidine groups is 1. The lowest BCUT2D eigenvalue weighted by atomic mass is 10.3. The van der Waals surface area contributed by atoms with Crippen molar-refractivity contribution in [3.05, 3.63) is 18.5 Å². The zero-order chi connectivity index (χ0) is 14.9. The number of hydrogen-bond donors (Lipinski definition) is 1. The minimum atomic E-state index is 0. The molecule has 22 heavy (non-hydrogen) atoms. The maximum Gasteiger partial charge on any atom is 0.225 e. The van der Waals surface area contributed by atoms with Gasteiger partial charge in [-0.25, -0.2) is 9.97 Å². The van der Waals surface area contributed by atoms with Crippen LogP contribution in [-0.2, 0) is 0 Å². The first-order valence-electron chi connectivity index (χ1n) is 7.90. The highest BCUT2D eigenvalue weighted by molar-refractivity contribution is 14.0. The molecule has 0 atom stereocenters. The Balaban J connectivity index is 0.00000242. The third kappa shape index (κ3) is 5.58. The van der Waals surface area contributed by atoms with Gasteiger partial charge in [0.2, 0.25) is 5.95 Å². The normalized spacial score (nSPS) is 15.5. The second-order valence-corrected chi connectivity index (χ2v) is 5.11. The molecule has 0 aliphatic carbocycles. The molecule has 0 saturated carbocycles. The third-order valence-corrected chi connectivity index (χ3v) is 3.52. The van der Waals surface area contributed by atoms with Gasteiger partial charge in [0.25, 0.3) is 0 Å². The number of aromatic nitrogens is 2. The molecule has 1 N–H and O–H groups in total. The molecule has 0 bridgehead atoms. The lowest BCUT2D eigenvalue weighted by Crippen LogP contribution is -2.53. The van der Waals surface area contributed by atoms with Crippen molar-refractivity contribution in [1.82, 2.24) is 20.2 Å². The van der Waals surface area contributed by atoms with Crippen LogP contribution in [0.4, 0.5) is 5.95 Å². The first kappa shape index (κ1) is 18.9. The van der Waals surface area contributed by atoms with Gasteiger partial charge in [-0.2, -0.15) is 0 Å². The Morgan fingerprint density at radius 3 is 2.45 bits per heavy atom. The number of piperazine rings is 1. The number of anilines is 1. The van der Waals surface area contributed by atoms with Gasteiger partial charge < -0.3 is 15.1 Å². The highest BCUT2D eigenvalue weighted by Gasteiger charge is 2.20. The van der Waals surface area contributed by atoms with E-state index in [-0.39, 0.29) is 24.0 Å². The van der Waals surface area contributed by atoms with E-state index >= 15 is 0 Å². The molecule has 2 heterocycles. The van der Waals surface area contributed by atoms with Crippen LogP contribution in [0, 0.1) is 0 Å². The zero-order valence-corrected chi connectivity index (χ0v) is 15.9. The van der Waals surface area contributed by atoms with E-state index in [0.717, 1.165) is 57.6 Å². The van der Waals surface area contributed by atoms with Crippen molar-refractivity contribution in [2.24, 2.45) is 4.99 Å².